The maximum absolute atomic E-state index is 12.6. The van der Waals surface area contributed by atoms with Gasteiger partial charge in [0.25, 0.3) is 5.91 Å². The average Bonchev–Trinajstić information content (AvgIpc) is 3.30. The Morgan fingerprint density at radius 3 is 2.27 bits per heavy atom. The summed E-state index contributed by atoms with van der Waals surface area (Å²) in [5, 5.41) is 16.6. The number of piperidine rings is 1. The number of hydrogen-bond acceptors (Lipinski definition) is 12. The van der Waals surface area contributed by atoms with Gasteiger partial charge in [-0.1, -0.05) is 17.7 Å². The van der Waals surface area contributed by atoms with Crippen LogP contribution in [0, 0.1) is 6.92 Å². The molecule has 2 aromatic carbocycles. The molecular weight excluding hydrogens is 546 g/mol. The first-order valence-corrected chi connectivity index (χ1v) is 13.4. The van der Waals surface area contributed by atoms with Crippen LogP contribution in [-0.4, -0.2) is 76.3 Å². The van der Waals surface area contributed by atoms with Gasteiger partial charge in [0.05, 0.1) is 5.69 Å². The van der Waals surface area contributed by atoms with E-state index >= 15 is 0 Å². The van der Waals surface area contributed by atoms with Gasteiger partial charge in [0.2, 0.25) is 17.8 Å². The van der Waals surface area contributed by atoms with Crippen LogP contribution in [-0.2, 0) is 0 Å². The Morgan fingerprint density at radius 2 is 1.61 bits per heavy atom. The van der Waals surface area contributed by atoms with E-state index in [4.69, 9.17) is 27.9 Å². The number of aryl methyl sites for hydroxylation is 1. The highest BCUT2D eigenvalue weighted by molar-refractivity contribution is 6.05. The van der Waals surface area contributed by atoms with Crippen molar-refractivity contribution < 1.29 is 9.90 Å². The summed E-state index contributed by atoms with van der Waals surface area (Å²) in [4.78, 5) is 30.7. The van der Waals surface area contributed by atoms with Gasteiger partial charge in [-0.2, -0.15) is 15.0 Å². The molecular formula is C27H38ClN11O2. The maximum atomic E-state index is 12.6. The molecule has 3 heterocycles. The lowest BCUT2D eigenvalue weighted by Crippen LogP contribution is -2.53. The maximum Gasteiger partial charge on any atom is 0.255 e. The highest BCUT2D eigenvalue weighted by Gasteiger charge is 2.33. The highest BCUT2D eigenvalue weighted by Crippen LogP contribution is 2.30. The van der Waals surface area contributed by atoms with E-state index in [2.05, 4.69) is 20.6 Å². The fourth-order valence-electron chi connectivity index (χ4n) is 5.19. The predicted molar refractivity (Wildman–Crippen MR) is 163 cm³/mol. The molecule has 4 atom stereocenters. The summed E-state index contributed by atoms with van der Waals surface area (Å²) in [6.07, 6.45) is 1.46. The van der Waals surface area contributed by atoms with E-state index in [1.165, 1.54) is 6.07 Å². The van der Waals surface area contributed by atoms with E-state index in [0.29, 0.717) is 49.3 Å². The first-order chi connectivity index (χ1) is 19.2. The third-order valence-corrected chi connectivity index (χ3v) is 7.20. The third-order valence-electron chi connectivity index (χ3n) is 7.20. The lowest BCUT2D eigenvalue weighted by Gasteiger charge is -2.35. The van der Waals surface area contributed by atoms with E-state index in [9.17, 15) is 9.90 Å². The predicted octanol–water partition coefficient (Wildman–Crippen LogP) is 1.03. The number of halogens is 1. The van der Waals surface area contributed by atoms with Gasteiger partial charge < -0.3 is 48.5 Å². The summed E-state index contributed by atoms with van der Waals surface area (Å²) < 4.78 is 0. The van der Waals surface area contributed by atoms with Gasteiger partial charge in [-0.3, -0.25) is 4.79 Å². The summed E-state index contributed by atoms with van der Waals surface area (Å²) in [7, 11) is 0. The molecule has 41 heavy (non-hydrogen) atoms. The van der Waals surface area contributed by atoms with Crippen LogP contribution < -0.4 is 43.4 Å². The van der Waals surface area contributed by atoms with Crippen LogP contribution in [0.2, 0.25) is 0 Å². The number of hydrogen-bond donors (Lipinski definition) is 7. The van der Waals surface area contributed by atoms with Crippen molar-refractivity contribution in [2.75, 3.05) is 46.6 Å². The number of nitrogens with zero attached hydrogens (tertiary/aromatic N) is 5. The molecule has 2 saturated heterocycles. The Balaban J connectivity index is 0.00000387. The monoisotopic (exact) mass is 583 g/mol. The van der Waals surface area contributed by atoms with E-state index < -0.39 is 0 Å². The minimum absolute atomic E-state index is 0. The number of phenols is 1. The quantitative estimate of drug-likeness (QED) is 0.194. The summed E-state index contributed by atoms with van der Waals surface area (Å²) in [6.45, 7) is 4.06. The van der Waals surface area contributed by atoms with Crippen LogP contribution in [0.1, 0.15) is 28.8 Å². The molecule has 2 aliphatic rings. The van der Waals surface area contributed by atoms with Crippen molar-refractivity contribution in [1.82, 2.24) is 15.0 Å². The standard InChI is InChI=1S/C27H37N11O2.ClH/c1-15-2-4-16(5-3-15)24(40)33-22-7-6-20(10-23(22)39)32-25-34-26(37-12-17(29)8-18(30)13-37)36-27(35-25)38-14-19(31)9-21(38)11-28;/h2-7,10,17-19,21,39H,8-9,11-14,28-31H2,1H3,(H,33,40)(H,32,34,35,36);1H/t17-,18+,19-,21-;/m0./s1. The van der Waals surface area contributed by atoms with Crippen molar-refractivity contribution in [3.63, 3.8) is 0 Å². The summed E-state index contributed by atoms with van der Waals surface area (Å²) in [5.41, 5.74) is 27.1. The second kappa shape index (κ2) is 12.8. The largest absolute Gasteiger partial charge is 0.506 e. The lowest BCUT2D eigenvalue weighted by atomic mass is 10.0. The number of anilines is 5. The summed E-state index contributed by atoms with van der Waals surface area (Å²) in [5.74, 6) is 0.746. The molecule has 13 nitrogen and oxygen atoms in total. The van der Waals surface area contributed by atoms with Crippen LogP contribution in [0.5, 0.6) is 5.75 Å². The van der Waals surface area contributed by atoms with Gasteiger partial charge >= 0.3 is 0 Å². The fraction of sp³-hybridized carbons (Fsp3) is 0.407. The van der Waals surface area contributed by atoms with Gasteiger partial charge in [-0.15, -0.1) is 12.4 Å². The lowest BCUT2D eigenvalue weighted by molar-refractivity contribution is 0.102. The van der Waals surface area contributed by atoms with Crippen LogP contribution in [0.3, 0.4) is 0 Å². The fourth-order valence-corrected chi connectivity index (χ4v) is 5.19. The number of aromatic nitrogens is 3. The van der Waals surface area contributed by atoms with Crippen LogP contribution in [0.15, 0.2) is 42.5 Å². The number of phenolic OH excluding ortho intramolecular Hbond substituents is 1. The van der Waals surface area contributed by atoms with E-state index in [0.717, 1.165) is 18.4 Å². The van der Waals surface area contributed by atoms with Crippen LogP contribution in [0.4, 0.5) is 29.2 Å². The van der Waals surface area contributed by atoms with Gasteiger partial charge in [0, 0.05) is 67.7 Å². The average molecular weight is 584 g/mol. The molecule has 220 valence electrons. The third kappa shape index (κ3) is 7.13. The molecule has 0 radical (unpaired) electrons. The highest BCUT2D eigenvalue weighted by atomic mass is 35.5. The Kier molecular flexibility index (Phi) is 9.46. The number of amides is 1. The first kappa shape index (κ1) is 30.2. The van der Waals surface area contributed by atoms with Gasteiger partial charge in [-0.25, -0.2) is 0 Å². The molecule has 0 spiro atoms. The minimum Gasteiger partial charge on any atom is -0.506 e. The molecule has 2 fully saturated rings. The number of aromatic hydroxyl groups is 1. The zero-order chi connectivity index (χ0) is 28.4. The first-order valence-electron chi connectivity index (χ1n) is 13.4. The van der Waals surface area contributed by atoms with Crippen molar-refractivity contribution in [1.29, 1.82) is 0 Å². The van der Waals surface area contributed by atoms with Crippen molar-refractivity contribution in [2.24, 2.45) is 22.9 Å². The molecule has 3 aromatic rings. The number of nitrogens with one attached hydrogen (secondary N) is 2. The SMILES string of the molecule is Cc1ccc(C(=O)Nc2ccc(Nc3nc(N4C[C@H](N)C[C@H](N)C4)nc(N4C[C@@H](N)C[C@H]4CN)n3)cc2O)cc1.Cl. The molecule has 0 saturated carbocycles. The molecule has 1 aromatic heterocycles. The van der Waals surface area contributed by atoms with Crippen LogP contribution in [0.25, 0.3) is 0 Å². The number of carbonyl (C=O) groups excluding carboxylic acids is 1. The number of nitrogens with two attached hydrogens (primary N) is 4. The van der Waals surface area contributed by atoms with E-state index in [-0.39, 0.29) is 59.9 Å². The summed E-state index contributed by atoms with van der Waals surface area (Å²) >= 11 is 0. The molecule has 0 unspecified atom stereocenters. The zero-order valence-corrected chi connectivity index (χ0v) is 23.7. The van der Waals surface area contributed by atoms with Gasteiger partial charge in [0.1, 0.15) is 5.75 Å². The molecule has 11 N–H and O–H groups in total. The topological polar surface area (TPSA) is 211 Å². The second-order valence-corrected chi connectivity index (χ2v) is 10.6. The smallest absolute Gasteiger partial charge is 0.255 e. The molecule has 14 heteroatoms. The van der Waals surface area contributed by atoms with E-state index in [1.54, 1.807) is 24.3 Å². The Hall–Kier alpha value is -3.75. The Morgan fingerprint density at radius 1 is 0.951 bits per heavy atom. The normalized spacial score (nSPS) is 22.3. The van der Waals surface area contributed by atoms with Crippen molar-refractivity contribution in [3.05, 3.63) is 53.6 Å². The molecule has 5 rings (SSSR count). The zero-order valence-electron chi connectivity index (χ0n) is 22.9. The molecule has 0 bridgehead atoms. The minimum atomic E-state index is -0.320. The van der Waals surface area contributed by atoms with Crippen molar-refractivity contribution >= 4 is 47.5 Å². The Labute approximate surface area is 245 Å². The van der Waals surface area contributed by atoms with Crippen molar-refractivity contribution in [2.45, 2.75) is 43.9 Å². The Bertz CT molecular complexity index is 1350. The van der Waals surface area contributed by atoms with Gasteiger partial charge in [-0.05, 0) is 44.0 Å². The molecule has 0 aliphatic carbocycles. The van der Waals surface area contributed by atoms with E-state index in [1.807, 2.05) is 28.9 Å². The van der Waals surface area contributed by atoms with Crippen molar-refractivity contribution in [3.8, 4) is 5.75 Å². The summed E-state index contributed by atoms with van der Waals surface area (Å²) in [6, 6.07) is 11.8. The van der Waals surface area contributed by atoms with Crippen LogP contribution >= 0.6 is 12.4 Å². The van der Waals surface area contributed by atoms with Gasteiger partial charge in [0.15, 0.2) is 0 Å². The number of carbonyl (C=O) groups is 1. The second-order valence-electron chi connectivity index (χ2n) is 10.6. The number of benzene rings is 2. The molecule has 1 amide bonds. The number of rotatable bonds is 7. The molecule has 2 aliphatic heterocycles.